The summed E-state index contributed by atoms with van der Waals surface area (Å²) in [5.41, 5.74) is 0.410. The lowest BCUT2D eigenvalue weighted by atomic mass is 9.85. The second-order valence-corrected chi connectivity index (χ2v) is 12.2. The molecule has 2 aliphatic carbocycles. The summed E-state index contributed by atoms with van der Waals surface area (Å²) in [6.45, 7) is 5.33. The van der Waals surface area contributed by atoms with Crippen LogP contribution in [0.5, 0.6) is 0 Å². The molecule has 5 rings (SSSR count). The highest BCUT2D eigenvalue weighted by Crippen LogP contribution is 2.36. The van der Waals surface area contributed by atoms with Crippen molar-refractivity contribution in [3.05, 3.63) is 42.0 Å². The van der Waals surface area contributed by atoms with Crippen LogP contribution in [0, 0.1) is 0 Å². The molecule has 13 nitrogen and oxygen atoms in total. The highest BCUT2D eigenvalue weighted by Gasteiger charge is 2.49. The molecule has 2 N–H and O–H groups in total. The van der Waals surface area contributed by atoms with Gasteiger partial charge in [-0.1, -0.05) is 0 Å². The lowest BCUT2D eigenvalue weighted by molar-refractivity contribution is -0.817. The predicted molar refractivity (Wildman–Crippen MR) is 155 cm³/mol. The zero-order valence-electron chi connectivity index (χ0n) is 25.2. The fraction of sp³-hybridized carbons (Fsp3) is 0.552. The number of methoxy groups -OCH3 is 2. The van der Waals surface area contributed by atoms with Gasteiger partial charge in [-0.25, -0.2) is 23.6 Å². The van der Waals surface area contributed by atoms with Crippen molar-refractivity contribution >= 4 is 35.1 Å². The molecule has 2 aromatic heterocycles. The molecule has 3 atom stereocenters. The number of nitrogens with one attached hydrogen (secondary N) is 2. The number of nitrogens with zero attached hydrogens (tertiary/aromatic N) is 5. The van der Waals surface area contributed by atoms with E-state index in [9.17, 15) is 14.4 Å². The van der Waals surface area contributed by atoms with Gasteiger partial charge < -0.3 is 24.8 Å². The first kappa shape index (κ1) is 29.7. The highest BCUT2D eigenvalue weighted by atomic mass is 16.6. The monoisotopic (exact) mass is 582 g/mol. The van der Waals surface area contributed by atoms with Crippen molar-refractivity contribution in [2.75, 3.05) is 38.5 Å². The van der Waals surface area contributed by atoms with Crippen LogP contribution in [0.4, 0.5) is 16.3 Å². The number of ether oxygens (including phenoxy) is 3. The summed E-state index contributed by atoms with van der Waals surface area (Å²) < 4.78 is 17.9. The first-order chi connectivity index (χ1) is 19.8. The minimum absolute atomic E-state index is 0.0493. The zero-order chi connectivity index (χ0) is 30.4. The number of quaternary nitrogens is 1. The number of carbonyl (C=O) groups is 3. The standard InChI is InChI=1S/C29H39N7O6/c1-29(2,3)42-28(39)34(4)21-15-24(31-20-9-8-12-36(5,27(20)38)17-13-18(14-17)40-6)33-35-22(16-30-25(21)35)26(37)32-19-10-11-23(19)41-7/h8-9,12,15-19,23H,10-11,13-14H2,1-7H3,(H-,31,32,33,37)/p+1/t17?,18?,19?,23-,36?/m0/s1. The van der Waals surface area contributed by atoms with Gasteiger partial charge in [0.1, 0.15) is 23.5 Å². The van der Waals surface area contributed by atoms with Crippen LogP contribution in [0.25, 0.3) is 5.65 Å². The molecule has 226 valence electrons. The summed E-state index contributed by atoms with van der Waals surface area (Å²) in [5.74, 6) is -0.244. The van der Waals surface area contributed by atoms with E-state index in [2.05, 4.69) is 20.7 Å². The van der Waals surface area contributed by atoms with Gasteiger partial charge in [-0.05, 0) is 45.8 Å². The van der Waals surface area contributed by atoms with Crippen LogP contribution in [0.15, 0.2) is 36.3 Å². The molecule has 0 saturated heterocycles. The molecule has 2 aromatic rings. The van der Waals surface area contributed by atoms with Crippen molar-refractivity contribution in [1.29, 1.82) is 0 Å². The van der Waals surface area contributed by atoms with Crippen molar-refractivity contribution < 1.29 is 33.1 Å². The second kappa shape index (κ2) is 11.1. The Kier molecular flexibility index (Phi) is 7.86. The molecule has 3 aliphatic rings. The van der Waals surface area contributed by atoms with Crippen molar-refractivity contribution in [3.8, 4) is 0 Å². The highest BCUT2D eigenvalue weighted by molar-refractivity contribution is 5.97. The minimum atomic E-state index is -0.728. The summed E-state index contributed by atoms with van der Waals surface area (Å²) in [4.78, 5) is 45.8. The first-order valence-corrected chi connectivity index (χ1v) is 14.1. The van der Waals surface area contributed by atoms with Gasteiger partial charge in [0.2, 0.25) is 0 Å². The molecule has 0 bridgehead atoms. The fourth-order valence-electron chi connectivity index (χ4n) is 5.41. The van der Waals surface area contributed by atoms with Crippen LogP contribution in [0.1, 0.15) is 56.9 Å². The lowest BCUT2D eigenvalue weighted by Crippen LogP contribution is -2.60. The third-order valence-electron chi connectivity index (χ3n) is 8.29. The van der Waals surface area contributed by atoms with Gasteiger partial charge in [0.25, 0.3) is 5.91 Å². The topological polar surface area (TPSA) is 136 Å². The van der Waals surface area contributed by atoms with Crippen LogP contribution < -0.4 is 15.5 Å². The Hall–Kier alpha value is -3.81. The van der Waals surface area contributed by atoms with Gasteiger partial charge in [0.05, 0.1) is 37.2 Å². The summed E-state index contributed by atoms with van der Waals surface area (Å²) in [6, 6.07) is 1.59. The quantitative estimate of drug-likeness (QED) is 0.450. The molecule has 0 spiro atoms. The molecule has 1 aliphatic heterocycles. The number of hydrogen-bond acceptors (Lipinski definition) is 9. The van der Waals surface area contributed by atoms with E-state index in [1.54, 1.807) is 54.2 Å². The van der Waals surface area contributed by atoms with Crippen molar-refractivity contribution in [3.63, 3.8) is 0 Å². The molecule has 2 unspecified atom stereocenters. The Bertz CT molecular complexity index is 1450. The molecule has 2 fully saturated rings. The molecular formula is C29H40N7O6+. The number of rotatable bonds is 8. The minimum Gasteiger partial charge on any atom is -0.443 e. The van der Waals surface area contributed by atoms with Crippen molar-refractivity contribution in [1.82, 2.24) is 19.9 Å². The van der Waals surface area contributed by atoms with Crippen LogP contribution in [0.2, 0.25) is 0 Å². The zero-order valence-corrected chi connectivity index (χ0v) is 25.2. The van der Waals surface area contributed by atoms with Crippen LogP contribution in [-0.4, -0.2) is 95.2 Å². The molecule has 0 radical (unpaired) electrons. The number of imidazole rings is 1. The van der Waals surface area contributed by atoms with E-state index in [0.29, 0.717) is 11.4 Å². The number of allylic oxidation sites excluding steroid dienone is 2. The van der Waals surface area contributed by atoms with Gasteiger partial charge in [-0.15, -0.1) is 5.10 Å². The van der Waals surface area contributed by atoms with Gasteiger partial charge in [-0.3, -0.25) is 9.69 Å². The Morgan fingerprint density at radius 1 is 1.17 bits per heavy atom. The summed E-state index contributed by atoms with van der Waals surface area (Å²) in [5, 5.41) is 10.8. The SMILES string of the molecule is COC1CC([N+]2(C)C=CC=C(Nc3cc(N(C)C(=O)OC(C)(C)C)c4ncc(C(=O)NC5CC[C@@H]5OC)n4n3)C2=O)C1. The Morgan fingerprint density at radius 2 is 1.90 bits per heavy atom. The van der Waals surface area contributed by atoms with E-state index in [1.165, 1.54) is 15.6 Å². The van der Waals surface area contributed by atoms with Crippen molar-refractivity contribution in [2.45, 2.75) is 76.3 Å². The number of carbonyl (C=O) groups excluding carboxylic acids is 3. The van der Waals surface area contributed by atoms with E-state index < -0.39 is 11.7 Å². The number of likely N-dealkylation sites (N-methyl/N-ethyl adjacent to an activating group) is 1. The van der Waals surface area contributed by atoms with E-state index in [-0.39, 0.29) is 57.7 Å². The van der Waals surface area contributed by atoms with Gasteiger partial charge in [-0.2, -0.15) is 0 Å². The van der Waals surface area contributed by atoms with E-state index >= 15 is 0 Å². The molecule has 13 heteroatoms. The maximum atomic E-state index is 13.7. The molecule has 3 amide bonds. The van der Waals surface area contributed by atoms with Gasteiger partial charge >= 0.3 is 12.0 Å². The maximum Gasteiger partial charge on any atom is 0.414 e. The molecule has 2 saturated carbocycles. The Morgan fingerprint density at radius 3 is 2.52 bits per heavy atom. The molecule has 0 aromatic carbocycles. The van der Waals surface area contributed by atoms with Crippen LogP contribution >= 0.6 is 0 Å². The smallest absolute Gasteiger partial charge is 0.414 e. The largest absolute Gasteiger partial charge is 0.443 e. The lowest BCUT2D eigenvalue weighted by Gasteiger charge is -2.45. The summed E-state index contributed by atoms with van der Waals surface area (Å²) in [6.07, 6.45) is 9.57. The number of aromatic nitrogens is 3. The van der Waals surface area contributed by atoms with E-state index in [4.69, 9.17) is 14.2 Å². The van der Waals surface area contributed by atoms with Gasteiger partial charge in [0, 0.05) is 40.2 Å². The van der Waals surface area contributed by atoms with Gasteiger partial charge in [0.15, 0.2) is 17.2 Å². The number of anilines is 2. The summed E-state index contributed by atoms with van der Waals surface area (Å²) in [7, 11) is 6.75. The number of fused-ring (bicyclic) bond motifs is 1. The number of hydrogen-bond donors (Lipinski definition) is 2. The number of amides is 3. The first-order valence-electron chi connectivity index (χ1n) is 14.1. The second-order valence-electron chi connectivity index (χ2n) is 12.2. The maximum absolute atomic E-state index is 13.7. The van der Waals surface area contributed by atoms with Crippen LogP contribution in [-0.2, 0) is 19.0 Å². The predicted octanol–water partition coefficient (Wildman–Crippen LogP) is 2.98. The van der Waals surface area contributed by atoms with E-state index in [0.717, 1.165) is 25.7 Å². The third-order valence-corrected chi connectivity index (χ3v) is 8.29. The fourth-order valence-corrected chi connectivity index (χ4v) is 5.41. The Labute approximate surface area is 245 Å². The molecule has 3 heterocycles. The average molecular weight is 583 g/mol. The normalized spacial score (nSPS) is 27.1. The average Bonchev–Trinajstić information content (AvgIpc) is 3.31. The van der Waals surface area contributed by atoms with E-state index in [1.807, 2.05) is 19.3 Å². The molecule has 42 heavy (non-hydrogen) atoms. The summed E-state index contributed by atoms with van der Waals surface area (Å²) >= 11 is 0. The van der Waals surface area contributed by atoms with Crippen LogP contribution in [0.3, 0.4) is 0 Å². The Balaban J connectivity index is 1.48. The molecular weight excluding hydrogens is 542 g/mol. The van der Waals surface area contributed by atoms with Crippen molar-refractivity contribution in [2.24, 2.45) is 0 Å². The third kappa shape index (κ3) is 5.51.